The summed E-state index contributed by atoms with van der Waals surface area (Å²) in [5.74, 6) is 0.697. The largest absolute Gasteiger partial charge is 0.393 e. The fourth-order valence-corrected chi connectivity index (χ4v) is 3.68. The SMILES string of the molecule is CCN(C(C)=O)c1nc(CNCC2CCC(O)CC2)cs1. The third-order valence-electron chi connectivity index (χ3n) is 4.02. The molecule has 1 aliphatic rings. The van der Waals surface area contributed by atoms with E-state index in [1.165, 1.54) is 11.3 Å². The van der Waals surface area contributed by atoms with Crippen molar-refractivity contribution in [3.63, 3.8) is 0 Å². The summed E-state index contributed by atoms with van der Waals surface area (Å²) in [5.41, 5.74) is 0.991. The maximum absolute atomic E-state index is 11.5. The second kappa shape index (κ2) is 7.87. The number of carbonyl (C=O) groups excluding carboxylic acids is 1. The molecule has 21 heavy (non-hydrogen) atoms. The minimum absolute atomic E-state index is 0.0344. The van der Waals surface area contributed by atoms with Crippen LogP contribution < -0.4 is 10.2 Å². The highest BCUT2D eigenvalue weighted by atomic mass is 32.1. The maximum atomic E-state index is 11.5. The van der Waals surface area contributed by atoms with Crippen molar-refractivity contribution in [2.24, 2.45) is 5.92 Å². The molecule has 0 aromatic carbocycles. The number of carbonyl (C=O) groups is 1. The molecule has 0 unspecified atom stereocenters. The van der Waals surface area contributed by atoms with E-state index in [2.05, 4.69) is 10.3 Å². The first-order valence-electron chi connectivity index (χ1n) is 7.71. The summed E-state index contributed by atoms with van der Waals surface area (Å²) in [7, 11) is 0. The summed E-state index contributed by atoms with van der Waals surface area (Å²) in [6, 6.07) is 0. The molecule has 118 valence electrons. The van der Waals surface area contributed by atoms with E-state index in [1.807, 2.05) is 12.3 Å². The van der Waals surface area contributed by atoms with Crippen LogP contribution in [0.15, 0.2) is 5.38 Å². The number of nitrogens with one attached hydrogen (secondary N) is 1. The highest BCUT2D eigenvalue weighted by Crippen LogP contribution is 2.24. The van der Waals surface area contributed by atoms with E-state index in [-0.39, 0.29) is 12.0 Å². The molecular formula is C15H25N3O2S. The quantitative estimate of drug-likeness (QED) is 0.845. The highest BCUT2D eigenvalue weighted by molar-refractivity contribution is 7.14. The smallest absolute Gasteiger partial charge is 0.225 e. The van der Waals surface area contributed by atoms with E-state index in [4.69, 9.17) is 0 Å². The first-order chi connectivity index (χ1) is 10.1. The molecule has 2 rings (SSSR count). The van der Waals surface area contributed by atoms with Gasteiger partial charge in [0.05, 0.1) is 11.8 Å². The number of rotatable bonds is 6. The molecule has 0 aliphatic heterocycles. The van der Waals surface area contributed by atoms with Gasteiger partial charge in [0.1, 0.15) is 0 Å². The van der Waals surface area contributed by atoms with Gasteiger partial charge in [0, 0.05) is 25.4 Å². The average Bonchev–Trinajstić information content (AvgIpc) is 2.90. The molecule has 1 aromatic rings. The Morgan fingerprint density at radius 1 is 1.48 bits per heavy atom. The first-order valence-corrected chi connectivity index (χ1v) is 8.59. The van der Waals surface area contributed by atoms with Crippen LogP contribution in [-0.2, 0) is 11.3 Å². The molecule has 1 amide bonds. The number of thiazole rings is 1. The predicted octanol–water partition coefficient (Wildman–Crippen LogP) is 2.16. The lowest BCUT2D eigenvalue weighted by Gasteiger charge is -2.25. The second-order valence-corrected chi connectivity index (χ2v) is 6.53. The lowest BCUT2D eigenvalue weighted by Crippen LogP contribution is -2.28. The Labute approximate surface area is 130 Å². The molecule has 1 heterocycles. The molecule has 1 saturated carbocycles. The number of aromatic nitrogens is 1. The van der Waals surface area contributed by atoms with E-state index in [1.54, 1.807) is 11.8 Å². The molecule has 2 N–H and O–H groups in total. The van der Waals surface area contributed by atoms with Gasteiger partial charge in [-0.05, 0) is 45.1 Å². The normalized spacial score (nSPS) is 22.2. The van der Waals surface area contributed by atoms with Gasteiger partial charge >= 0.3 is 0 Å². The molecule has 1 aliphatic carbocycles. The standard InChI is InChI=1S/C15H25N3O2S/c1-3-18(11(2)19)15-17-13(10-21-15)9-16-8-12-4-6-14(20)7-5-12/h10,12,14,16,20H,3-9H2,1-2H3. The second-order valence-electron chi connectivity index (χ2n) is 5.69. The fourth-order valence-electron chi connectivity index (χ4n) is 2.75. The molecule has 0 radical (unpaired) electrons. The Kier molecular flexibility index (Phi) is 6.14. The lowest BCUT2D eigenvalue weighted by molar-refractivity contribution is -0.116. The van der Waals surface area contributed by atoms with E-state index >= 15 is 0 Å². The van der Waals surface area contributed by atoms with E-state index in [9.17, 15) is 9.90 Å². The van der Waals surface area contributed by atoms with Gasteiger partial charge in [0.15, 0.2) is 5.13 Å². The van der Waals surface area contributed by atoms with Crippen molar-refractivity contribution in [3.05, 3.63) is 11.1 Å². The summed E-state index contributed by atoms with van der Waals surface area (Å²) >= 11 is 1.52. The van der Waals surface area contributed by atoms with Crippen LogP contribution >= 0.6 is 11.3 Å². The molecule has 5 nitrogen and oxygen atoms in total. The summed E-state index contributed by atoms with van der Waals surface area (Å²) in [4.78, 5) is 17.7. The number of aliphatic hydroxyl groups is 1. The van der Waals surface area contributed by atoms with Gasteiger partial charge in [-0.25, -0.2) is 4.98 Å². The highest BCUT2D eigenvalue weighted by Gasteiger charge is 2.19. The van der Waals surface area contributed by atoms with Crippen molar-refractivity contribution in [3.8, 4) is 0 Å². The van der Waals surface area contributed by atoms with Gasteiger partial charge < -0.3 is 10.4 Å². The summed E-state index contributed by atoms with van der Waals surface area (Å²) in [6.45, 7) is 5.90. The Morgan fingerprint density at radius 2 is 2.19 bits per heavy atom. The molecule has 1 fully saturated rings. The summed E-state index contributed by atoms with van der Waals surface area (Å²) < 4.78 is 0. The zero-order valence-electron chi connectivity index (χ0n) is 12.8. The van der Waals surface area contributed by atoms with Crippen LogP contribution in [0, 0.1) is 5.92 Å². The third-order valence-corrected chi connectivity index (χ3v) is 4.93. The number of anilines is 1. The monoisotopic (exact) mass is 311 g/mol. The van der Waals surface area contributed by atoms with Crippen LogP contribution in [0.2, 0.25) is 0 Å². The number of hydrogen-bond donors (Lipinski definition) is 2. The van der Waals surface area contributed by atoms with Crippen molar-refractivity contribution in [1.82, 2.24) is 10.3 Å². The maximum Gasteiger partial charge on any atom is 0.225 e. The average molecular weight is 311 g/mol. The van der Waals surface area contributed by atoms with Crippen LogP contribution in [0.4, 0.5) is 5.13 Å². The van der Waals surface area contributed by atoms with E-state index in [0.29, 0.717) is 12.5 Å². The van der Waals surface area contributed by atoms with E-state index < -0.39 is 0 Å². The van der Waals surface area contributed by atoms with Crippen LogP contribution in [0.25, 0.3) is 0 Å². The van der Waals surface area contributed by atoms with Crippen molar-refractivity contribution in [1.29, 1.82) is 0 Å². The Bertz CT molecular complexity index is 456. The molecule has 0 spiro atoms. The van der Waals surface area contributed by atoms with Crippen molar-refractivity contribution < 1.29 is 9.90 Å². The first kappa shape index (κ1) is 16.4. The van der Waals surface area contributed by atoms with Crippen LogP contribution in [-0.4, -0.2) is 35.2 Å². The number of hydrogen-bond acceptors (Lipinski definition) is 5. The van der Waals surface area contributed by atoms with Gasteiger partial charge in [-0.1, -0.05) is 0 Å². The van der Waals surface area contributed by atoms with Crippen LogP contribution in [0.3, 0.4) is 0 Å². The predicted molar refractivity (Wildman–Crippen MR) is 85.5 cm³/mol. The molecule has 0 atom stereocenters. The zero-order valence-corrected chi connectivity index (χ0v) is 13.7. The Morgan fingerprint density at radius 3 is 2.81 bits per heavy atom. The fraction of sp³-hybridized carbons (Fsp3) is 0.733. The van der Waals surface area contributed by atoms with Crippen LogP contribution in [0.1, 0.15) is 45.2 Å². The van der Waals surface area contributed by atoms with Gasteiger partial charge in [-0.2, -0.15) is 0 Å². The zero-order chi connectivity index (χ0) is 15.2. The van der Waals surface area contributed by atoms with Gasteiger partial charge in [0.2, 0.25) is 5.91 Å². The molecule has 0 saturated heterocycles. The van der Waals surface area contributed by atoms with Gasteiger partial charge in [-0.3, -0.25) is 9.69 Å². The van der Waals surface area contributed by atoms with Crippen molar-refractivity contribution >= 4 is 22.4 Å². The molecular weight excluding hydrogens is 286 g/mol. The molecule has 0 bridgehead atoms. The lowest BCUT2D eigenvalue weighted by atomic mass is 9.87. The summed E-state index contributed by atoms with van der Waals surface area (Å²) in [6.07, 6.45) is 3.97. The molecule has 1 aromatic heterocycles. The van der Waals surface area contributed by atoms with Crippen molar-refractivity contribution in [2.75, 3.05) is 18.0 Å². The molecule has 6 heteroatoms. The summed E-state index contributed by atoms with van der Waals surface area (Å²) in [5, 5.41) is 15.7. The van der Waals surface area contributed by atoms with Gasteiger partial charge in [0.25, 0.3) is 0 Å². The third kappa shape index (κ3) is 4.76. The number of nitrogens with zero attached hydrogens (tertiary/aromatic N) is 2. The minimum Gasteiger partial charge on any atom is -0.393 e. The number of aliphatic hydroxyl groups excluding tert-OH is 1. The van der Waals surface area contributed by atoms with Crippen LogP contribution in [0.5, 0.6) is 0 Å². The minimum atomic E-state index is -0.0889. The Hall–Kier alpha value is -0.980. The number of amides is 1. The Balaban J connectivity index is 1.76. The van der Waals surface area contributed by atoms with E-state index in [0.717, 1.165) is 49.6 Å². The van der Waals surface area contributed by atoms with Crippen molar-refractivity contribution in [2.45, 2.75) is 52.2 Å². The van der Waals surface area contributed by atoms with Gasteiger partial charge in [-0.15, -0.1) is 11.3 Å². The topological polar surface area (TPSA) is 65.5 Å².